The fourth-order valence-electron chi connectivity index (χ4n) is 2.06. The fourth-order valence-corrected chi connectivity index (χ4v) is 2.06. The van der Waals surface area contributed by atoms with E-state index in [-0.39, 0.29) is 11.9 Å². The van der Waals surface area contributed by atoms with Crippen LogP contribution in [0.4, 0.5) is 0 Å². The maximum atomic E-state index is 11.6. The van der Waals surface area contributed by atoms with Crippen LogP contribution in [0.2, 0.25) is 0 Å². The molecule has 0 bridgehead atoms. The number of carbonyl (C=O) groups is 1. The second kappa shape index (κ2) is 6.69. The third-order valence-corrected chi connectivity index (χ3v) is 2.98. The van der Waals surface area contributed by atoms with Crippen LogP contribution < -0.4 is 0 Å². The molecule has 1 atom stereocenters. The summed E-state index contributed by atoms with van der Waals surface area (Å²) >= 11 is 0. The van der Waals surface area contributed by atoms with Gasteiger partial charge in [0.2, 0.25) is 0 Å². The Balaban J connectivity index is 2.34. The van der Waals surface area contributed by atoms with E-state index >= 15 is 0 Å². The van der Waals surface area contributed by atoms with Crippen molar-refractivity contribution < 1.29 is 9.53 Å². The Labute approximate surface area is 98.5 Å². The number of nitrogens with zero attached hydrogens (tertiary/aromatic N) is 1. The molecule has 1 aliphatic heterocycles. The topological polar surface area (TPSA) is 29.5 Å². The van der Waals surface area contributed by atoms with Gasteiger partial charge in [0.05, 0.1) is 12.5 Å². The molecule has 1 unspecified atom stereocenters. The van der Waals surface area contributed by atoms with Gasteiger partial charge in [0.15, 0.2) is 0 Å². The average molecular weight is 225 g/mol. The maximum absolute atomic E-state index is 11.6. The van der Waals surface area contributed by atoms with E-state index < -0.39 is 0 Å². The Morgan fingerprint density at radius 3 is 2.94 bits per heavy atom. The third kappa shape index (κ3) is 4.35. The van der Waals surface area contributed by atoms with Gasteiger partial charge in [-0.05, 0) is 39.7 Å². The van der Waals surface area contributed by atoms with Crippen LogP contribution in [0.3, 0.4) is 0 Å². The largest absolute Gasteiger partial charge is 0.466 e. The van der Waals surface area contributed by atoms with Crippen LogP contribution >= 0.6 is 0 Å². The van der Waals surface area contributed by atoms with E-state index in [9.17, 15) is 4.79 Å². The second-order valence-corrected chi connectivity index (χ2v) is 4.60. The predicted molar refractivity (Wildman–Crippen MR) is 65.2 cm³/mol. The Morgan fingerprint density at radius 2 is 2.31 bits per heavy atom. The summed E-state index contributed by atoms with van der Waals surface area (Å²) in [6, 6.07) is 0. The molecule has 0 aliphatic carbocycles. The molecule has 0 aromatic rings. The Kier molecular flexibility index (Phi) is 5.53. The molecular weight excluding hydrogens is 202 g/mol. The lowest BCUT2D eigenvalue weighted by molar-refractivity contribution is -0.149. The number of ether oxygens (including phenoxy) is 1. The first-order valence-corrected chi connectivity index (χ1v) is 6.16. The minimum absolute atomic E-state index is 0.0254. The minimum Gasteiger partial charge on any atom is -0.466 e. The molecule has 92 valence electrons. The number of rotatable bonds is 5. The normalized spacial score (nSPS) is 21.8. The van der Waals surface area contributed by atoms with Gasteiger partial charge in [-0.3, -0.25) is 4.79 Å². The van der Waals surface area contributed by atoms with Gasteiger partial charge in [0, 0.05) is 13.1 Å². The molecule has 1 heterocycles. The van der Waals surface area contributed by atoms with E-state index in [0.29, 0.717) is 6.61 Å². The van der Waals surface area contributed by atoms with Gasteiger partial charge in [-0.25, -0.2) is 0 Å². The second-order valence-electron chi connectivity index (χ2n) is 4.60. The standard InChI is InChI=1S/C13H23NO2/c1-4-16-13(15)12-6-5-8-14(10-12)9-7-11(2)3/h12H,2,4-10H2,1,3H3. The average Bonchev–Trinajstić information content (AvgIpc) is 2.27. The van der Waals surface area contributed by atoms with E-state index in [1.165, 1.54) is 5.57 Å². The lowest BCUT2D eigenvalue weighted by atomic mass is 9.98. The zero-order chi connectivity index (χ0) is 12.0. The Hall–Kier alpha value is -0.830. The minimum atomic E-state index is -0.0254. The molecule has 0 amide bonds. The van der Waals surface area contributed by atoms with Gasteiger partial charge in [-0.15, -0.1) is 6.58 Å². The quantitative estimate of drug-likeness (QED) is 0.531. The Morgan fingerprint density at radius 1 is 1.56 bits per heavy atom. The number of piperidine rings is 1. The van der Waals surface area contributed by atoms with Gasteiger partial charge < -0.3 is 9.64 Å². The molecule has 1 aliphatic rings. The highest BCUT2D eigenvalue weighted by Gasteiger charge is 2.26. The molecule has 16 heavy (non-hydrogen) atoms. The van der Waals surface area contributed by atoms with E-state index in [1.54, 1.807) is 0 Å². The van der Waals surface area contributed by atoms with Crippen molar-refractivity contribution in [3.63, 3.8) is 0 Å². The molecule has 1 saturated heterocycles. The van der Waals surface area contributed by atoms with Gasteiger partial charge >= 0.3 is 5.97 Å². The van der Waals surface area contributed by atoms with Crippen molar-refractivity contribution in [2.24, 2.45) is 5.92 Å². The number of carbonyl (C=O) groups excluding carboxylic acids is 1. The summed E-state index contributed by atoms with van der Waals surface area (Å²) in [5.74, 6) is 0.0568. The van der Waals surface area contributed by atoms with Gasteiger partial charge in [-0.1, -0.05) is 5.57 Å². The molecule has 1 rings (SSSR count). The molecule has 0 radical (unpaired) electrons. The van der Waals surface area contributed by atoms with E-state index in [2.05, 4.69) is 11.5 Å². The molecule has 0 saturated carbocycles. The van der Waals surface area contributed by atoms with Crippen molar-refractivity contribution in [1.82, 2.24) is 4.90 Å². The summed E-state index contributed by atoms with van der Waals surface area (Å²) in [5, 5.41) is 0. The van der Waals surface area contributed by atoms with Crippen molar-refractivity contribution in [1.29, 1.82) is 0 Å². The molecule has 1 fully saturated rings. The van der Waals surface area contributed by atoms with Crippen LogP contribution in [0.5, 0.6) is 0 Å². The fraction of sp³-hybridized carbons (Fsp3) is 0.769. The van der Waals surface area contributed by atoms with Crippen LogP contribution in [0.15, 0.2) is 12.2 Å². The molecule has 3 heteroatoms. The van der Waals surface area contributed by atoms with Crippen molar-refractivity contribution in [2.45, 2.75) is 33.1 Å². The molecule has 0 spiro atoms. The molecule has 3 nitrogen and oxygen atoms in total. The number of hydrogen-bond donors (Lipinski definition) is 0. The molecule has 0 aromatic heterocycles. The van der Waals surface area contributed by atoms with Crippen molar-refractivity contribution in [3.05, 3.63) is 12.2 Å². The summed E-state index contributed by atoms with van der Waals surface area (Å²) in [5.41, 5.74) is 1.21. The summed E-state index contributed by atoms with van der Waals surface area (Å²) in [4.78, 5) is 14.0. The van der Waals surface area contributed by atoms with E-state index in [4.69, 9.17) is 4.74 Å². The van der Waals surface area contributed by atoms with Crippen LogP contribution in [0.25, 0.3) is 0 Å². The molecule has 0 N–H and O–H groups in total. The summed E-state index contributed by atoms with van der Waals surface area (Å²) in [6.45, 7) is 11.3. The van der Waals surface area contributed by atoms with Crippen molar-refractivity contribution in [2.75, 3.05) is 26.2 Å². The first-order chi connectivity index (χ1) is 7.63. The smallest absolute Gasteiger partial charge is 0.310 e. The summed E-state index contributed by atoms with van der Waals surface area (Å²) < 4.78 is 5.07. The number of esters is 1. The highest BCUT2D eigenvalue weighted by Crippen LogP contribution is 2.18. The lowest BCUT2D eigenvalue weighted by Crippen LogP contribution is -2.39. The molecular formula is C13H23NO2. The zero-order valence-electron chi connectivity index (χ0n) is 10.5. The van der Waals surface area contributed by atoms with Gasteiger partial charge in [0.25, 0.3) is 0 Å². The van der Waals surface area contributed by atoms with E-state index in [0.717, 1.165) is 38.9 Å². The van der Waals surface area contributed by atoms with E-state index in [1.807, 2.05) is 13.8 Å². The SMILES string of the molecule is C=C(C)CCN1CCCC(C(=O)OCC)C1. The number of likely N-dealkylation sites (tertiary alicyclic amines) is 1. The van der Waals surface area contributed by atoms with Crippen molar-refractivity contribution in [3.8, 4) is 0 Å². The zero-order valence-corrected chi connectivity index (χ0v) is 10.5. The third-order valence-electron chi connectivity index (χ3n) is 2.98. The first-order valence-electron chi connectivity index (χ1n) is 6.16. The number of hydrogen-bond acceptors (Lipinski definition) is 3. The van der Waals surface area contributed by atoms with Crippen molar-refractivity contribution >= 4 is 5.97 Å². The predicted octanol–water partition coefficient (Wildman–Crippen LogP) is 2.23. The maximum Gasteiger partial charge on any atom is 0.310 e. The van der Waals surface area contributed by atoms with Crippen LogP contribution in [-0.4, -0.2) is 37.1 Å². The highest BCUT2D eigenvalue weighted by molar-refractivity contribution is 5.72. The van der Waals surface area contributed by atoms with Gasteiger partial charge in [-0.2, -0.15) is 0 Å². The van der Waals surface area contributed by atoms with Crippen LogP contribution in [0, 0.1) is 5.92 Å². The van der Waals surface area contributed by atoms with Gasteiger partial charge in [0.1, 0.15) is 0 Å². The Bertz CT molecular complexity index is 250. The van der Waals surface area contributed by atoms with Crippen LogP contribution in [0.1, 0.15) is 33.1 Å². The van der Waals surface area contributed by atoms with Crippen LogP contribution in [-0.2, 0) is 9.53 Å². The lowest BCUT2D eigenvalue weighted by Gasteiger charge is -2.31. The summed E-state index contributed by atoms with van der Waals surface area (Å²) in [6.07, 6.45) is 3.09. The monoisotopic (exact) mass is 225 g/mol. The summed E-state index contributed by atoms with van der Waals surface area (Å²) in [7, 11) is 0. The molecule has 0 aromatic carbocycles. The first kappa shape index (κ1) is 13.2. The highest BCUT2D eigenvalue weighted by atomic mass is 16.5.